The van der Waals surface area contributed by atoms with E-state index in [0.717, 1.165) is 31.6 Å². The molecule has 2 aromatic heterocycles. The topological polar surface area (TPSA) is 44.5 Å². The van der Waals surface area contributed by atoms with Gasteiger partial charge in [0.05, 0.1) is 0 Å². The Balaban J connectivity index is 2.18. The molecule has 4 nitrogen and oxygen atoms in total. The van der Waals surface area contributed by atoms with Crippen LogP contribution < -0.4 is 9.47 Å². The Morgan fingerprint density at radius 3 is 2.53 bits per heavy atom. The molecular weight excluding hydrogens is 306 g/mol. The lowest BCUT2D eigenvalue weighted by Gasteiger charge is -2.15. The zero-order chi connectivity index (χ0) is 12.0. The minimum Gasteiger partial charge on any atom is -0.484 e. The summed E-state index contributed by atoms with van der Waals surface area (Å²) in [6.45, 7) is 4.89. The summed E-state index contributed by atoms with van der Waals surface area (Å²) in [5.74, 6) is 3.00. The molecule has 6 heteroatoms. The van der Waals surface area contributed by atoms with E-state index in [1.165, 1.54) is 0 Å². The largest absolute Gasteiger partial charge is 0.484 e. The lowest BCUT2D eigenvalue weighted by molar-refractivity contribution is 0.173. The molecule has 0 spiro atoms. The number of halogens is 1. The molecule has 0 unspecified atom stereocenters. The van der Waals surface area contributed by atoms with E-state index in [2.05, 4.69) is 20.9 Å². The molecule has 17 heavy (non-hydrogen) atoms. The van der Waals surface area contributed by atoms with Gasteiger partial charge in [-0.15, -0.1) is 11.3 Å². The summed E-state index contributed by atoms with van der Waals surface area (Å²) in [6, 6.07) is 0. The van der Waals surface area contributed by atoms with Gasteiger partial charge in [-0.2, -0.15) is 0 Å². The van der Waals surface area contributed by atoms with E-state index >= 15 is 0 Å². The highest BCUT2D eigenvalue weighted by molar-refractivity contribution is 9.11. The van der Waals surface area contributed by atoms with Gasteiger partial charge in [-0.1, -0.05) is 0 Å². The Kier molecular flexibility index (Phi) is 2.63. The van der Waals surface area contributed by atoms with Gasteiger partial charge in [0.15, 0.2) is 17.4 Å². The molecule has 90 valence electrons. The minimum absolute atomic E-state index is 0.569. The number of oxazole rings is 1. The van der Waals surface area contributed by atoms with Crippen molar-refractivity contribution in [2.45, 2.75) is 13.8 Å². The van der Waals surface area contributed by atoms with Gasteiger partial charge >= 0.3 is 0 Å². The first-order valence-corrected chi connectivity index (χ1v) is 6.80. The first-order valence-electron chi connectivity index (χ1n) is 5.19. The van der Waals surface area contributed by atoms with Crippen LogP contribution >= 0.6 is 27.3 Å². The van der Waals surface area contributed by atoms with Crippen molar-refractivity contribution in [2.75, 3.05) is 13.2 Å². The third kappa shape index (κ3) is 1.75. The average Bonchev–Trinajstić information content (AvgIpc) is 2.80. The van der Waals surface area contributed by atoms with Crippen molar-refractivity contribution in [2.24, 2.45) is 0 Å². The van der Waals surface area contributed by atoms with E-state index in [4.69, 9.17) is 13.9 Å². The molecule has 0 amide bonds. The molecule has 1 aliphatic heterocycles. The van der Waals surface area contributed by atoms with E-state index < -0.39 is 0 Å². The minimum atomic E-state index is 0.569. The Morgan fingerprint density at radius 2 is 1.88 bits per heavy atom. The van der Waals surface area contributed by atoms with Crippen molar-refractivity contribution in [1.82, 2.24) is 4.98 Å². The van der Waals surface area contributed by atoms with Crippen molar-refractivity contribution >= 4 is 27.3 Å². The van der Waals surface area contributed by atoms with Gasteiger partial charge in [0.1, 0.15) is 33.3 Å². The maximum absolute atomic E-state index is 5.67. The van der Waals surface area contributed by atoms with Gasteiger partial charge in [0, 0.05) is 6.92 Å². The molecular formula is C11H10BrNO3S. The van der Waals surface area contributed by atoms with Crippen molar-refractivity contribution < 1.29 is 13.9 Å². The second-order valence-corrected chi connectivity index (χ2v) is 6.04. The second-order valence-electron chi connectivity index (χ2n) is 3.70. The first kappa shape index (κ1) is 11.1. The summed E-state index contributed by atoms with van der Waals surface area (Å²) in [7, 11) is 0. The molecule has 0 radical (unpaired) electrons. The number of ether oxygens (including phenoxy) is 2. The number of hydrogen-bond donors (Lipinski definition) is 0. The molecule has 0 aliphatic carbocycles. The highest BCUT2D eigenvalue weighted by atomic mass is 79.9. The van der Waals surface area contributed by atoms with Gasteiger partial charge in [0.25, 0.3) is 0 Å². The van der Waals surface area contributed by atoms with Crippen molar-refractivity contribution in [1.29, 1.82) is 0 Å². The molecule has 0 fully saturated rings. The standard InChI is InChI=1S/C11H10BrNO3S/c1-5-7(13-6(2)16-5)10-8-9(11(12)17-10)15-4-3-14-8/h3-4H2,1-2H3. The SMILES string of the molecule is Cc1nc(-c2sc(Br)c3c2OCCO3)c(C)o1. The van der Waals surface area contributed by atoms with E-state index in [1.54, 1.807) is 11.3 Å². The number of hydrogen-bond acceptors (Lipinski definition) is 5. The van der Waals surface area contributed by atoms with Crippen LogP contribution in [-0.2, 0) is 0 Å². The molecule has 0 atom stereocenters. The smallest absolute Gasteiger partial charge is 0.191 e. The quantitative estimate of drug-likeness (QED) is 0.807. The van der Waals surface area contributed by atoms with Crippen LogP contribution in [0, 0.1) is 13.8 Å². The fourth-order valence-corrected chi connectivity index (χ4v) is 3.54. The number of nitrogens with zero attached hydrogens (tertiary/aromatic N) is 1. The Hall–Kier alpha value is -1.01. The van der Waals surface area contributed by atoms with Crippen molar-refractivity contribution in [3.05, 3.63) is 15.4 Å². The van der Waals surface area contributed by atoms with E-state index in [-0.39, 0.29) is 0 Å². The summed E-state index contributed by atoms with van der Waals surface area (Å²) in [4.78, 5) is 5.35. The molecule has 0 saturated heterocycles. The maximum Gasteiger partial charge on any atom is 0.191 e. The van der Waals surface area contributed by atoms with E-state index in [9.17, 15) is 0 Å². The van der Waals surface area contributed by atoms with Crippen molar-refractivity contribution in [3.63, 3.8) is 0 Å². The molecule has 1 aliphatic rings. The van der Waals surface area contributed by atoms with Crippen molar-refractivity contribution in [3.8, 4) is 22.1 Å². The number of fused-ring (bicyclic) bond motifs is 1. The predicted octanol–water partition coefficient (Wildman–Crippen LogP) is 3.55. The Morgan fingerprint density at radius 1 is 1.18 bits per heavy atom. The van der Waals surface area contributed by atoms with Crippen LogP contribution in [0.5, 0.6) is 11.5 Å². The fraction of sp³-hybridized carbons (Fsp3) is 0.364. The van der Waals surface area contributed by atoms with Crippen LogP contribution in [0.2, 0.25) is 0 Å². The summed E-state index contributed by atoms with van der Waals surface area (Å²) < 4.78 is 17.6. The van der Waals surface area contributed by atoms with Gasteiger partial charge in [0.2, 0.25) is 0 Å². The monoisotopic (exact) mass is 315 g/mol. The molecule has 0 saturated carbocycles. The van der Waals surface area contributed by atoms with Crippen LogP contribution in [-0.4, -0.2) is 18.2 Å². The summed E-state index contributed by atoms with van der Waals surface area (Å²) in [5, 5.41) is 0. The molecule has 2 aromatic rings. The van der Waals surface area contributed by atoms with Crippen LogP contribution in [0.25, 0.3) is 10.6 Å². The molecule has 3 rings (SSSR count). The van der Waals surface area contributed by atoms with E-state index in [1.807, 2.05) is 13.8 Å². The normalized spacial score (nSPS) is 14.1. The van der Waals surface area contributed by atoms with Gasteiger partial charge in [-0.25, -0.2) is 4.98 Å². The lowest BCUT2D eigenvalue weighted by Crippen LogP contribution is -2.14. The summed E-state index contributed by atoms with van der Waals surface area (Å²) >= 11 is 5.04. The van der Waals surface area contributed by atoms with Crippen LogP contribution in [0.3, 0.4) is 0 Å². The first-order chi connectivity index (χ1) is 8.16. The molecule has 0 bridgehead atoms. The highest BCUT2D eigenvalue weighted by Gasteiger charge is 2.26. The number of thiophene rings is 1. The lowest BCUT2D eigenvalue weighted by atomic mass is 10.3. The summed E-state index contributed by atoms with van der Waals surface area (Å²) in [6.07, 6.45) is 0. The average molecular weight is 316 g/mol. The number of aryl methyl sites for hydroxylation is 2. The van der Waals surface area contributed by atoms with Crippen LogP contribution in [0.4, 0.5) is 0 Å². The predicted molar refractivity (Wildman–Crippen MR) is 68.0 cm³/mol. The summed E-state index contributed by atoms with van der Waals surface area (Å²) in [5.41, 5.74) is 0.833. The maximum atomic E-state index is 5.67. The van der Waals surface area contributed by atoms with Crippen LogP contribution in [0.15, 0.2) is 8.20 Å². The fourth-order valence-electron chi connectivity index (χ4n) is 1.81. The van der Waals surface area contributed by atoms with Crippen LogP contribution in [0.1, 0.15) is 11.7 Å². The van der Waals surface area contributed by atoms with Gasteiger partial charge in [-0.3, -0.25) is 0 Å². The Bertz CT molecular complexity index is 576. The second kappa shape index (κ2) is 4.03. The highest BCUT2D eigenvalue weighted by Crippen LogP contribution is 2.52. The molecule has 0 aromatic carbocycles. The van der Waals surface area contributed by atoms with Gasteiger partial charge < -0.3 is 13.9 Å². The zero-order valence-electron chi connectivity index (χ0n) is 9.37. The van der Waals surface area contributed by atoms with Gasteiger partial charge in [-0.05, 0) is 22.9 Å². The molecule has 3 heterocycles. The molecule has 0 N–H and O–H groups in total. The zero-order valence-corrected chi connectivity index (χ0v) is 11.8. The van der Waals surface area contributed by atoms with E-state index in [0.29, 0.717) is 19.1 Å². The number of aromatic nitrogens is 1. The third-order valence-corrected chi connectivity index (χ3v) is 4.27. The third-order valence-electron chi connectivity index (χ3n) is 2.48. The number of rotatable bonds is 1. The Labute approximate surface area is 111 Å².